The molecule has 6 nitrogen and oxygen atoms in total. The molecule has 1 heterocycles. The molecule has 0 radical (unpaired) electrons. The summed E-state index contributed by atoms with van der Waals surface area (Å²) in [5.41, 5.74) is -0.140. The molecule has 2 N–H and O–H groups in total. The van der Waals surface area contributed by atoms with E-state index >= 15 is 0 Å². The van der Waals surface area contributed by atoms with Gasteiger partial charge in [0.2, 0.25) is 0 Å². The van der Waals surface area contributed by atoms with Gasteiger partial charge in [0.15, 0.2) is 5.82 Å². The van der Waals surface area contributed by atoms with E-state index in [1.54, 1.807) is 19.4 Å². The molecule has 0 aliphatic heterocycles. The average Bonchev–Trinajstić information content (AvgIpc) is 2.29. The lowest BCUT2D eigenvalue weighted by Gasteiger charge is -2.06. The second kappa shape index (κ2) is 6.97. The highest BCUT2D eigenvalue weighted by Gasteiger charge is 2.00. The summed E-state index contributed by atoms with van der Waals surface area (Å²) in [6.07, 6.45) is 3.95. The van der Waals surface area contributed by atoms with Crippen LogP contribution in [0.25, 0.3) is 0 Å². The zero-order chi connectivity index (χ0) is 11.8. The molecule has 1 aromatic heterocycles. The number of rotatable bonds is 7. The van der Waals surface area contributed by atoms with Gasteiger partial charge in [-0.3, -0.25) is 4.79 Å². The molecule has 90 valence electrons. The van der Waals surface area contributed by atoms with E-state index in [1.165, 1.54) is 4.57 Å². The summed E-state index contributed by atoms with van der Waals surface area (Å²) < 4.78 is 6.55. The average molecular weight is 227 g/mol. The van der Waals surface area contributed by atoms with Crippen LogP contribution in [0.15, 0.2) is 17.2 Å². The minimum atomic E-state index is -0.140. The van der Waals surface area contributed by atoms with Crippen LogP contribution in [-0.2, 0) is 11.8 Å². The molecule has 0 atom stereocenters. The number of nitrogens with zero attached hydrogens (tertiary/aromatic N) is 2. The predicted molar refractivity (Wildman–Crippen MR) is 60.5 cm³/mol. The number of nitrogens with one attached hydrogen (secondary N) is 1. The molecule has 0 aliphatic rings. The van der Waals surface area contributed by atoms with Crippen molar-refractivity contribution in [3.63, 3.8) is 0 Å². The first kappa shape index (κ1) is 12.7. The monoisotopic (exact) mass is 227 g/mol. The SMILES string of the molecule is Cn1ccnc(NCCCOCCO)c1=O. The Labute approximate surface area is 93.9 Å². The molecule has 0 fully saturated rings. The van der Waals surface area contributed by atoms with Crippen molar-refractivity contribution in [2.45, 2.75) is 6.42 Å². The van der Waals surface area contributed by atoms with Crippen LogP contribution in [0.2, 0.25) is 0 Å². The van der Waals surface area contributed by atoms with Crippen LogP contribution in [0.4, 0.5) is 5.82 Å². The van der Waals surface area contributed by atoms with Crippen LogP contribution >= 0.6 is 0 Å². The third kappa shape index (κ3) is 4.00. The van der Waals surface area contributed by atoms with Crippen LogP contribution in [0, 0.1) is 0 Å². The normalized spacial score (nSPS) is 10.4. The number of aliphatic hydroxyl groups excluding tert-OH is 1. The molecule has 0 aromatic carbocycles. The van der Waals surface area contributed by atoms with Gasteiger partial charge in [0, 0.05) is 32.6 Å². The van der Waals surface area contributed by atoms with Gasteiger partial charge in [0.1, 0.15) is 0 Å². The Morgan fingerprint density at radius 2 is 2.38 bits per heavy atom. The van der Waals surface area contributed by atoms with E-state index < -0.39 is 0 Å². The molecule has 0 unspecified atom stereocenters. The van der Waals surface area contributed by atoms with Crippen LogP contribution < -0.4 is 10.9 Å². The fraction of sp³-hybridized carbons (Fsp3) is 0.600. The number of aliphatic hydroxyl groups is 1. The van der Waals surface area contributed by atoms with Gasteiger partial charge in [-0.25, -0.2) is 4.98 Å². The van der Waals surface area contributed by atoms with Crippen molar-refractivity contribution in [2.24, 2.45) is 7.05 Å². The molecule has 1 rings (SSSR count). The van der Waals surface area contributed by atoms with Gasteiger partial charge in [-0.15, -0.1) is 0 Å². The van der Waals surface area contributed by atoms with Crippen LogP contribution in [-0.4, -0.2) is 41.0 Å². The Morgan fingerprint density at radius 1 is 1.56 bits per heavy atom. The predicted octanol–water partition coefficient (Wildman–Crippen LogP) is -0.409. The highest BCUT2D eigenvalue weighted by molar-refractivity contribution is 5.30. The lowest BCUT2D eigenvalue weighted by atomic mass is 10.4. The number of anilines is 1. The summed E-state index contributed by atoms with van der Waals surface area (Å²) in [6, 6.07) is 0. The maximum Gasteiger partial charge on any atom is 0.293 e. The smallest absolute Gasteiger partial charge is 0.293 e. The number of hydrogen-bond acceptors (Lipinski definition) is 5. The van der Waals surface area contributed by atoms with Crippen molar-refractivity contribution in [3.8, 4) is 0 Å². The van der Waals surface area contributed by atoms with Crippen molar-refractivity contribution in [1.82, 2.24) is 9.55 Å². The van der Waals surface area contributed by atoms with E-state index in [-0.39, 0.29) is 12.2 Å². The number of hydrogen-bond donors (Lipinski definition) is 2. The molecule has 6 heteroatoms. The molecular formula is C10H17N3O3. The second-order valence-electron chi connectivity index (χ2n) is 3.31. The molecule has 0 spiro atoms. The molecular weight excluding hydrogens is 210 g/mol. The van der Waals surface area contributed by atoms with Crippen LogP contribution in [0.3, 0.4) is 0 Å². The molecule has 0 bridgehead atoms. The first-order chi connectivity index (χ1) is 7.75. The Bertz CT molecular complexity index is 365. The van der Waals surface area contributed by atoms with Crippen LogP contribution in [0.1, 0.15) is 6.42 Å². The van der Waals surface area contributed by atoms with Crippen molar-refractivity contribution >= 4 is 5.82 Å². The summed E-state index contributed by atoms with van der Waals surface area (Å²) in [4.78, 5) is 15.5. The first-order valence-corrected chi connectivity index (χ1v) is 5.20. The van der Waals surface area contributed by atoms with Crippen molar-refractivity contribution in [2.75, 3.05) is 31.7 Å². The summed E-state index contributed by atoms with van der Waals surface area (Å²) >= 11 is 0. The molecule has 0 amide bonds. The Balaban J connectivity index is 2.27. The van der Waals surface area contributed by atoms with Gasteiger partial charge in [0.05, 0.1) is 13.2 Å². The number of aromatic nitrogens is 2. The van der Waals surface area contributed by atoms with Crippen molar-refractivity contribution in [1.29, 1.82) is 0 Å². The third-order valence-corrected chi connectivity index (χ3v) is 2.01. The van der Waals surface area contributed by atoms with Gasteiger partial charge < -0.3 is 19.7 Å². The molecule has 16 heavy (non-hydrogen) atoms. The van der Waals surface area contributed by atoms with Crippen molar-refractivity contribution < 1.29 is 9.84 Å². The quantitative estimate of drug-likeness (QED) is 0.619. The lowest BCUT2D eigenvalue weighted by Crippen LogP contribution is -2.22. The highest BCUT2D eigenvalue weighted by atomic mass is 16.5. The maximum atomic E-state index is 11.5. The van der Waals surface area contributed by atoms with E-state index in [4.69, 9.17) is 9.84 Å². The molecule has 0 saturated heterocycles. The summed E-state index contributed by atoms with van der Waals surface area (Å²) in [7, 11) is 1.68. The standard InChI is InChI=1S/C10H17N3O3/c1-13-5-4-12-9(10(13)15)11-3-2-7-16-8-6-14/h4-5,14H,2-3,6-8H2,1H3,(H,11,12). The van der Waals surface area contributed by atoms with Crippen LogP contribution in [0.5, 0.6) is 0 Å². The fourth-order valence-electron chi connectivity index (χ4n) is 1.17. The van der Waals surface area contributed by atoms with Gasteiger partial charge in [0.25, 0.3) is 5.56 Å². The molecule has 0 aliphatic carbocycles. The summed E-state index contributed by atoms with van der Waals surface area (Å²) in [5.74, 6) is 0.354. The van der Waals surface area contributed by atoms with Gasteiger partial charge in [-0.1, -0.05) is 0 Å². The minimum absolute atomic E-state index is 0.0359. The van der Waals surface area contributed by atoms with Gasteiger partial charge in [-0.05, 0) is 6.42 Å². The highest BCUT2D eigenvalue weighted by Crippen LogP contribution is 1.92. The second-order valence-corrected chi connectivity index (χ2v) is 3.31. The first-order valence-electron chi connectivity index (χ1n) is 5.20. The summed E-state index contributed by atoms with van der Waals surface area (Å²) in [6.45, 7) is 1.57. The Kier molecular flexibility index (Phi) is 5.52. The zero-order valence-electron chi connectivity index (χ0n) is 9.35. The molecule has 1 aromatic rings. The minimum Gasteiger partial charge on any atom is -0.394 e. The lowest BCUT2D eigenvalue weighted by molar-refractivity contribution is 0.0922. The van der Waals surface area contributed by atoms with E-state index in [1.807, 2.05) is 0 Å². The van der Waals surface area contributed by atoms with E-state index in [2.05, 4.69) is 10.3 Å². The topological polar surface area (TPSA) is 76.4 Å². The van der Waals surface area contributed by atoms with Crippen molar-refractivity contribution in [3.05, 3.63) is 22.7 Å². The largest absolute Gasteiger partial charge is 0.394 e. The zero-order valence-corrected chi connectivity index (χ0v) is 9.35. The molecule has 0 saturated carbocycles. The summed E-state index contributed by atoms with van der Waals surface area (Å²) in [5, 5.41) is 11.4. The number of aryl methyl sites for hydroxylation is 1. The fourth-order valence-corrected chi connectivity index (χ4v) is 1.17. The van der Waals surface area contributed by atoms with Gasteiger partial charge >= 0.3 is 0 Å². The third-order valence-electron chi connectivity index (χ3n) is 2.01. The Morgan fingerprint density at radius 3 is 3.12 bits per heavy atom. The maximum absolute atomic E-state index is 11.5. The van der Waals surface area contributed by atoms with E-state index in [0.717, 1.165) is 6.42 Å². The Hall–Kier alpha value is -1.40. The van der Waals surface area contributed by atoms with Gasteiger partial charge in [-0.2, -0.15) is 0 Å². The van der Waals surface area contributed by atoms with E-state index in [0.29, 0.717) is 25.6 Å². The number of ether oxygens (including phenoxy) is 1. The van der Waals surface area contributed by atoms with E-state index in [9.17, 15) is 4.79 Å².